The van der Waals surface area contributed by atoms with E-state index in [4.69, 9.17) is 18.0 Å². The first kappa shape index (κ1) is 13.8. The monoisotopic (exact) mass is 293 g/mol. The molecule has 1 aromatic carbocycles. The summed E-state index contributed by atoms with van der Waals surface area (Å²) in [7, 11) is 0. The molecule has 5 heteroatoms. The van der Waals surface area contributed by atoms with Crippen molar-refractivity contribution in [3.8, 4) is 0 Å². The number of nitrogens with one attached hydrogen (secondary N) is 1. The maximum absolute atomic E-state index is 13.9. The molecule has 2 aliphatic heterocycles. The third kappa shape index (κ3) is 2.79. The lowest BCUT2D eigenvalue weighted by atomic mass is 9.97. The molecule has 0 aromatic heterocycles. The van der Waals surface area contributed by atoms with E-state index < -0.39 is 0 Å². The van der Waals surface area contributed by atoms with Crippen LogP contribution in [0.2, 0.25) is 0 Å². The summed E-state index contributed by atoms with van der Waals surface area (Å²) >= 11 is 4.82. The molecule has 2 heterocycles. The van der Waals surface area contributed by atoms with Crippen molar-refractivity contribution in [2.24, 2.45) is 5.73 Å². The maximum Gasteiger partial charge on any atom is 0.135 e. The Hall–Kier alpha value is -1.20. The number of nitrogens with zero attached hydrogens (tertiary/aromatic N) is 1. The molecule has 2 fully saturated rings. The van der Waals surface area contributed by atoms with Crippen molar-refractivity contribution >= 4 is 22.9 Å². The lowest BCUT2D eigenvalue weighted by Gasteiger charge is -2.35. The van der Waals surface area contributed by atoms with Gasteiger partial charge in [0.15, 0.2) is 0 Å². The van der Waals surface area contributed by atoms with Gasteiger partial charge in [-0.3, -0.25) is 0 Å². The Bertz CT molecular complexity index is 520. The zero-order chi connectivity index (χ0) is 14.1. The second-order valence-corrected chi connectivity index (χ2v) is 6.20. The fourth-order valence-corrected chi connectivity index (χ4v) is 3.56. The van der Waals surface area contributed by atoms with Gasteiger partial charge >= 0.3 is 0 Å². The van der Waals surface area contributed by atoms with Crippen molar-refractivity contribution in [3.63, 3.8) is 0 Å². The minimum Gasteiger partial charge on any atom is -0.389 e. The van der Waals surface area contributed by atoms with Gasteiger partial charge in [0.05, 0.1) is 0 Å². The SMILES string of the molecule is NC(=S)c1ccc(NC2CCN3CCCC3C2)cc1F. The quantitative estimate of drug-likeness (QED) is 0.840. The van der Waals surface area contributed by atoms with E-state index >= 15 is 0 Å². The molecule has 2 aliphatic rings. The number of benzene rings is 1. The Balaban J connectivity index is 1.66. The van der Waals surface area contributed by atoms with Gasteiger partial charge in [0.25, 0.3) is 0 Å². The minimum absolute atomic E-state index is 0.105. The van der Waals surface area contributed by atoms with Crippen LogP contribution in [0.3, 0.4) is 0 Å². The number of anilines is 1. The van der Waals surface area contributed by atoms with Gasteiger partial charge in [-0.15, -0.1) is 0 Å². The summed E-state index contributed by atoms with van der Waals surface area (Å²) in [5.74, 6) is -0.346. The molecule has 2 atom stereocenters. The van der Waals surface area contributed by atoms with Gasteiger partial charge < -0.3 is 16.0 Å². The fourth-order valence-electron chi connectivity index (χ4n) is 3.40. The standard InChI is InChI=1S/C15H20FN3S/c16-14-9-10(3-4-13(14)15(17)20)18-11-5-7-19-6-1-2-12(19)8-11/h3-4,9,11-12,18H,1-2,5-8H2,(H2,17,20). The van der Waals surface area contributed by atoms with Crippen molar-refractivity contribution in [1.82, 2.24) is 4.90 Å². The molecular formula is C15H20FN3S. The lowest BCUT2D eigenvalue weighted by molar-refractivity contribution is 0.188. The average Bonchev–Trinajstić information content (AvgIpc) is 2.85. The van der Waals surface area contributed by atoms with Crippen LogP contribution in [0.15, 0.2) is 18.2 Å². The highest BCUT2D eigenvalue weighted by atomic mass is 32.1. The zero-order valence-corrected chi connectivity index (χ0v) is 12.3. The Labute approximate surface area is 124 Å². The van der Waals surface area contributed by atoms with E-state index in [0.717, 1.165) is 25.1 Å². The lowest BCUT2D eigenvalue weighted by Crippen LogP contribution is -2.42. The predicted octanol–water partition coefficient (Wildman–Crippen LogP) is 2.50. The fraction of sp³-hybridized carbons (Fsp3) is 0.533. The summed E-state index contributed by atoms with van der Waals surface area (Å²) in [6.07, 6.45) is 4.88. The first-order valence-electron chi connectivity index (χ1n) is 7.23. The molecule has 0 amide bonds. The van der Waals surface area contributed by atoms with E-state index in [2.05, 4.69) is 10.2 Å². The summed E-state index contributed by atoms with van der Waals surface area (Å²) in [6.45, 7) is 2.39. The van der Waals surface area contributed by atoms with Crippen molar-refractivity contribution in [2.45, 2.75) is 37.8 Å². The molecule has 0 saturated carbocycles. The summed E-state index contributed by atoms with van der Waals surface area (Å²) in [4.78, 5) is 2.68. The number of halogens is 1. The Morgan fingerprint density at radius 1 is 1.35 bits per heavy atom. The van der Waals surface area contributed by atoms with E-state index in [-0.39, 0.29) is 10.8 Å². The molecule has 0 radical (unpaired) electrons. The molecule has 3 N–H and O–H groups in total. The highest BCUT2D eigenvalue weighted by Gasteiger charge is 2.31. The normalized spacial score (nSPS) is 26.2. The topological polar surface area (TPSA) is 41.3 Å². The van der Waals surface area contributed by atoms with Crippen LogP contribution in [0, 0.1) is 5.82 Å². The molecule has 0 bridgehead atoms. The predicted molar refractivity (Wildman–Crippen MR) is 83.5 cm³/mol. The second kappa shape index (κ2) is 5.66. The van der Waals surface area contributed by atoms with Gasteiger partial charge in [-0.1, -0.05) is 12.2 Å². The minimum atomic E-state index is -0.346. The third-order valence-electron chi connectivity index (χ3n) is 4.43. The van der Waals surface area contributed by atoms with Crippen LogP contribution in [-0.2, 0) is 0 Å². The number of thiocarbonyl (C=S) groups is 1. The van der Waals surface area contributed by atoms with Crippen LogP contribution in [0.5, 0.6) is 0 Å². The highest BCUT2D eigenvalue weighted by molar-refractivity contribution is 7.80. The van der Waals surface area contributed by atoms with Gasteiger partial charge in [-0.2, -0.15) is 0 Å². The van der Waals surface area contributed by atoms with Crippen LogP contribution in [0.25, 0.3) is 0 Å². The molecule has 2 unspecified atom stereocenters. The van der Waals surface area contributed by atoms with Gasteiger partial charge in [0, 0.05) is 29.9 Å². The molecule has 0 aliphatic carbocycles. The number of rotatable bonds is 3. The first-order chi connectivity index (χ1) is 9.63. The number of hydrogen-bond donors (Lipinski definition) is 2. The summed E-state index contributed by atoms with van der Waals surface area (Å²) in [5.41, 5.74) is 6.61. The van der Waals surface area contributed by atoms with Crippen molar-refractivity contribution in [2.75, 3.05) is 18.4 Å². The van der Waals surface area contributed by atoms with Gasteiger partial charge in [0.2, 0.25) is 0 Å². The van der Waals surface area contributed by atoms with Gasteiger partial charge in [-0.05, 0) is 50.4 Å². The van der Waals surface area contributed by atoms with Crippen LogP contribution in [0.1, 0.15) is 31.2 Å². The average molecular weight is 293 g/mol. The molecule has 0 spiro atoms. The summed E-state index contributed by atoms with van der Waals surface area (Å²) in [5, 5.41) is 3.45. The smallest absolute Gasteiger partial charge is 0.135 e. The van der Waals surface area contributed by atoms with Crippen LogP contribution in [-0.4, -0.2) is 35.1 Å². The number of piperidine rings is 1. The maximum atomic E-state index is 13.9. The number of fused-ring (bicyclic) bond motifs is 1. The van der Waals surface area contributed by atoms with Crippen molar-refractivity contribution in [1.29, 1.82) is 0 Å². The largest absolute Gasteiger partial charge is 0.389 e. The molecule has 3 rings (SSSR count). The number of nitrogens with two attached hydrogens (primary N) is 1. The number of hydrogen-bond acceptors (Lipinski definition) is 3. The molecule has 108 valence electrons. The Morgan fingerprint density at radius 3 is 2.95 bits per heavy atom. The van der Waals surface area contributed by atoms with Crippen LogP contribution < -0.4 is 11.1 Å². The van der Waals surface area contributed by atoms with E-state index in [1.165, 1.54) is 25.5 Å². The molecule has 1 aromatic rings. The van der Waals surface area contributed by atoms with E-state index in [1.54, 1.807) is 6.07 Å². The van der Waals surface area contributed by atoms with Gasteiger partial charge in [-0.25, -0.2) is 4.39 Å². The molecular weight excluding hydrogens is 273 g/mol. The van der Waals surface area contributed by atoms with Crippen molar-refractivity contribution in [3.05, 3.63) is 29.6 Å². The van der Waals surface area contributed by atoms with Crippen molar-refractivity contribution < 1.29 is 4.39 Å². The summed E-state index contributed by atoms with van der Waals surface area (Å²) < 4.78 is 13.9. The zero-order valence-electron chi connectivity index (χ0n) is 11.4. The van der Waals surface area contributed by atoms with Crippen LogP contribution >= 0.6 is 12.2 Å². The first-order valence-corrected chi connectivity index (χ1v) is 7.64. The van der Waals surface area contributed by atoms with E-state index in [9.17, 15) is 4.39 Å². The molecule has 20 heavy (non-hydrogen) atoms. The summed E-state index contributed by atoms with van der Waals surface area (Å²) in [6, 6.07) is 6.16. The Kier molecular flexibility index (Phi) is 3.89. The van der Waals surface area contributed by atoms with Crippen LogP contribution in [0.4, 0.5) is 10.1 Å². The highest BCUT2D eigenvalue weighted by Crippen LogP contribution is 2.28. The van der Waals surface area contributed by atoms with E-state index in [0.29, 0.717) is 17.6 Å². The molecule has 2 saturated heterocycles. The Morgan fingerprint density at radius 2 is 2.20 bits per heavy atom. The van der Waals surface area contributed by atoms with Gasteiger partial charge in [0.1, 0.15) is 10.8 Å². The third-order valence-corrected chi connectivity index (χ3v) is 4.65. The molecule has 3 nitrogen and oxygen atoms in total. The van der Waals surface area contributed by atoms with E-state index in [1.807, 2.05) is 6.07 Å². The second-order valence-electron chi connectivity index (χ2n) is 5.76.